The van der Waals surface area contributed by atoms with Gasteiger partial charge in [-0.05, 0) is 20.3 Å². The summed E-state index contributed by atoms with van der Waals surface area (Å²) in [6, 6.07) is 0. The molecule has 0 aliphatic rings. The zero-order chi connectivity index (χ0) is 12.6. The summed E-state index contributed by atoms with van der Waals surface area (Å²) >= 11 is 0. The van der Waals surface area contributed by atoms with Crippen LogP contribution in [0.4, 0.5) is 0 Å². The zero-order valence-corrected chi connectivity index (χ0v) is 9.76. The summed E-state index contributed by atoms with van der Waals surface area (Å²) in [6.45, 7) is 4.91. The van der Waals surface area contributed by atoms with Crippen LogP contribution in [0.3, 0.4) is 0 Å². The van der Waals surface area contributed by atoms with E-state index in [0.717, 1.165) is 0 Å². The molecule has 0 aromatic heterocycles. The highest BCUT2D eigenvalue weighted by atomic mass is 16.7. The van der Waals surface area contributed by atoms with Gasteiger partial charge in [0.1, 0.15) is 6.61 Å². The highest BCUT2D eigenvalue weighted by Gasteiger charge is 2.19. The topological polar surface area (TPSA) is 82.1 Å². The molecule has 0 aromatic carbocycles. The Kier molecular flexibility index (Phi) is 7.49. The van der Waals surface area contributed by atoms with Crippen molar-refractivity contribution in [2.75, 3.05) is 13.2 Å². The number of hydrogen-bond donors (Lipinski definition) is 1. The zero-order valence-electron chi connectivity index (χ0n) is 9.76. The molecule has 94 valence electrons. The van der Waals surface area contributed by atoms with Crippen LogP contribution in [0.1, 0.15) is 27.2 Å². The highest BCUT2D eigenvalue weighted by Crippen LogP contribution is 1.95. The smallest absolute Gasteiger partial charge is 0.363 e. The number of ether oxygens (including phenoxy) is 3. The van der Waals surface area contributed by atoms with Crippen molar-refractivity contribution in [3.05, 3.63) is 0 Å². The number of rotatable bonds is 7. The fourth-order valence-corrected chi connectivity index (χ4v) is 0.786. The Labute approximate surface area is 94.5 Å². The third kappa shape index (κ3) is 7.19. The van der Waals surface area contributed by atoms with Gasteiger partial charge in [0.2, 0.25) is 0 Å². The Morgan fingerprint density at radius 1 is 1.31 bits per heavy atom. The van der Waals surface area contributed by atoms with Crippen molar-refractivity contribution in [2.45, 2.75) is 39.6 Å². The second-order valence-corrected chi connectivity index (χ2v) is 3.37. The lowest BCUT2D eigenvalue weighted by Crippen LogP contribution is -2.29. The van der Waals surface area contributed by atoms with Crippen LogP contribution in [-0.4, -0.2) is 42.7 Å². The average molecular weight is 234 g/mol. The Morgan fingerprint density at radius 2 is 1.94 bits per heavy atom. The molecule has 0 amide bonds. The highest BCUT2D eigenvalue weighted by molar-refractivity contribution is 5.74. The van der Waals surface area contributed by atoms with Crippen molar-refractivity contribution in [1.29, 1.82) is 0 Å². The Balaban J connectivity index is 3.75. The van der Waals surface area contributed by atoms with Crippen molar-refractivity contribution in [1.82, 2.24) is 0 Å². The van der Waals surface area contributed by atoms with Gasteiger partial charge in [0.15, 0.2) is 0 Å². The minimum Gasteiger partial charge on any atom is -0.462 e. The number of esters is 2. The summed E-state index contributed by atoms with van der Waals surface area (Å²) in [5, 5.41) is 9.12. The molecule has 0 aliphatic heterocycles. The fourth-order valence-electron chi connectivity index (χ4n) is 0.786. The molecule has 0 saturated carbocycles. The van der Waals surface area contributed by atoms with E-state index in [2.05, 4.69) is 9.47 Å². The third-order valence-electron chi connectivity index (χ3n) is 1.38. The maximum Gasteiger partial charge on any atom is 0.363 e. The molecule has 1 N–H and O–H groups in total. The quantitative estimate of drug-likeness (QED) is 0.501. The minimum absolute atomic E-state index is 0.204. The number of aliphatic hydroxyl groups excluding tert-OH is 1. The molecule has 16 heavy (non-hydrogen) atoms. The molecule has 0 aromatic rings. The summed E-state index contributed by atoms with van der Waals surface area (Å²) in [5.41, 5.74) is 0. The summed E-state index contributed by atoms with van der Waals surface area (Å²) in [4.78, 5) is 22.0. The van der Waals surface area contributed by atoms with Crippen molar-refractivity contribution < 1.29 is 28.9 Å². The second-order valence-electron chi connectivity index (χ2n) is 3.37. The van der Waals surface area contributed by atoms with E-state index in [1.54, 1.807) is 13.8 Å². The van der Waals surface area contributed by atoms with E-state index in [0.29, 0.717) is 6.42 Å². The van der Waals surface area contributed by atoms with Crippen LogP contribution in [-0.2, 0) is 23.8 Å². The first-order valence-electron chi connectivity index (χ1n) is 5.13. The molecule has 0 fully saturated rings. The predicted octanol–water partition coefficient (Wildman–Crippen LogP) is 0.226. The van der Waals surface area contributed by atoms with Crippen molar-refractivity contribution in [3.8, 4) is 0 Å². The molecule has 0 radical (unpaired) electrons. The molecule has 6 heteroatoms. The first-order valence-corrected chi connectivity index (χ1v) is 5.13. The first kappa shape index (κ1) is 14.9. The second kappa shape index (κ2) is 8.06. The van der Waals surface area contributed by atoms with Gasteiger partial charge in [0.05, 0.1) is 12.7 Å². The van der Waals surface area contributed by atoms with E-state index < -0.39 is 24.8 Å². The van der Waals surface area contributed by atoms with E-state index >= 15 is 0 Å². The predicted molar refractivity (Wildman–Crippen MR) is 54.4 cm³/mol. The summed E-state index contributed by atoms with van der Waals surface area (Å²) < 4.78 is 13.9. The van der Waals surface area contributed by atoms with Gasteiger partial charge in [-0.1, -0.05) is 6.92 Å². The van der Waals surface area contributed by atoms with Crippen LogP contribution in [0.2, 0.25) is 0 Å². The van der Waals surface area contributed by atoms with Crippen LogP contribution in [0.15, 0.2) is 0 Å². The van der Waals surface area contributed by atoms with Gasteiger partial charge in [-0.25, -0.2) is 9.59 Å². The van der Waals surface area contributed by atoms with Gasteiger partial charge < -0.3 is 19.3 Å². The van der Waals surface area contributed by atoms with Crippen molar-refractivity contribution >= 4 is 11.9 Å². The number of carbonyl (C=O) groups excluding carboxylic acids is 2. The monoisotopic (exact) mass is 234 g/mol. The van der Waals surface area contributed by atoms with Crippen LogP contribution in [0, 0.1) is 0 Å². The lowest BCUT2D eigenvalue weighted by molar-refractivity contribution is -0.188. The van der Waals surface area contributed by atoms with Gasteiger partial charge in [-0.2, -0.15) is 0 Å². The van der Waals surface area contributed by atoms with Crippen LogP contribution < -0.4 is 0 Å². The maximum atomic E-state index is 11.0. The van der Waals surface area contributed by atoms with E-state index in [9.17, 15) is 9.59 Å². The molecular weight excluding hydrogens is 216 g/mol. The van der Waals surface area contributed by atoms with Crippen molar-refractivity contribution in [3.63, 3.8) is 0 Å². The maximum absolute atomic E-state index is 11.0. The van der Waals surface area contributed by atoms with Crippen LogP contribution in [0.5, 0.6) is 0 Å². The van der Waals surface area contributed by atoms with Gasteiger partial charge >= 0.3 is 11.9 Å². The molecule has 1 unspecified atom stereocenters. The lowest BCUT2D eigenvalue weighted by atomic mass is 10.5. The SMILES string of the molecule is CCCOC(=O)C(O)OCC(=O)OC(C)C. The van der Waals surface area contributed by atoms with E-state index in [1.165, 1.54) is 0 Å². The Bertz CT molecular complexity index is 225. The molecule has 0 saturated heterocycles. The first-order chi connectivity index (χ1) is 7.47. The van der Waals surface area contributed by atoms with E-state index in [-0.39, 0.29) is 12.7 Å². The largest absolute Gasteiger partial charge is 0.462 e. The van der Waals surface area contributed by atoms with Gasteiger partial charge in [0.25, 0.3) is 6.29 Å². The Hall–Kier alpha value is -1.14. The summed E-state index contributed by atoms with van der Waals surface area (Å²) in [7, 11) is 0. The summed E-state index contributed by atoms with van der Waals surface area (Å²) in [5.74, 6) is -1.54. The average Bonchev–Trinajstić information content (AvgIpc) is 2.21. The normalized spacial score (nSPS) is 12.3. The Morgan fingerprint density at radius 3 is 2.44 bits per heavy atom. The fraction of sp³-hybridized carbons (Fsp3) is 0.800. The van der Waals surface area contributed by atoms with E-state index in [1.807, 2.05) is 6.92 Å². The number of hydrogen-bond acceptors (Lipinski definition) is 6. The van der Waals surface area contributed by atoms with Crippen LogP contribution >= 0.6 is 0 Å². The molecule has 0 heterocycles. The number of aliphatic hydroxyl groups is 1. The molecule has 1 atom stereocenters. The third-order valence-corrected chi connectivity index (χ3v) is 1.38. The lowest BCUT2D eigenvalue weighted by Gasteiger charge is -2.12. The molecule has 0 aliphatic carbocycles. The molecule has 6 nitrogen and oxygen atoms in total. The van der Waals surface area contributed by atoms with Gasteiger partial charge in [0, 0.05) is 0 Å². The summed E-state index contributed by atoms with van der Waals surface area (Å²) in [6.07, 6.45) is -1.36. The molecule has 0 rings (SSSR count). The minimum atomic E-state index is -1.74. The number of carbonyl (C=O) groups is 2. The van der Waals surface area contributed by atoms with Crippen molar-refractivity contribution in [2.24, 2.45) is 0 Å². The standard InChI is InChI=1S/C10H18O6/c1-4-5-14-9(12)10(13)15-6-8(11)16-7(2)3/h7,10,13H,4-6H2,1-3H3. The molecule has 0 spiro atoms. The molecule has 0 bridgehead atoms. The molecular formula is C10H18O6. The van der Waals surface area contributed by atoms with E-state index in [4.69, 9.17) is 9.84 Å². The van der Waals surface area contributed by atoms with Crippen LogP contribution in [0.25, 0.3) is 0 Å². The van der Waals surface area contributed by atoms with Gasteiger partial charge in [-0.15, -0.1) is 0 Å². The van der Waals surface area contributed by atoms with Gasteiger partial charge in [-0.3, -0.25) is 0 Å².